The van der Waals surface area contributed by atoms with E-state index in [1.54, 1.807) is 16.5 Å². The number of piperazine rings is 1. The molecule has 5 rings (SSSR count). The minimum Gasteiger partial charge on any atom is -0.353 e. The third-order valence-electron chi connectivity index (χ3n) is 5.54. The molecule has 7 nitrogen and oxygen atoms in total. The molecule has 2 amide bonds. The summed E-state index contributed by atoms with van der Waals surface area (Å²) < 4.78 is 0. The normalized spacial score (nSPS) is 13.3. The molecule has 0 atom stereocenters. The molecule has 40 heavy (non-hydrogen) atoms. The Hall–Kier alpha value is -4.04. The minimum absolute atomic E-state index is 0.0986. The lowest BCUT2D eigenvalue weighted by Crippen LogP contribution is -2.49. The first-order valence-corrected chi connectivity index (χ1v) is 14.6. The van der Waals surface area contributed by atoms with Crippen LogP contribution >= 0.6 is 11.3 Å². The van der Waals surface area contributed by atoms with E-state index in [0.717, 1.165) is 24.1 Å². The number of carbonyl (C=O) groups excluding carboxylic acids is 2. The van der Waals surface area contributed by atoms with Gasteiger partial charge in [0, 0.05) is 44.7 Å². The number of allylic oxidation sites excluding steroid dienone is 4. The molecule has 1 fully saturated rings. The summed E-state index contributed by atoms with van der Waals surface area (Å²) in [6, 6.07) is 14.0. The fourth-order valence-corrected chi connectivity index (χ4v) is 4.51. The molecule has 8 heteroatoms. The Kier molecular flexibility index (Phi) is 14.1. The Labute approximate surface area is 242 Å². The molecule has 1 saturated heterocycles. The molecule has 3 aromatic rings. The van der Waals surface area contributed by atoms with Gasteiger partial charge in [-0.25, -0.2) is 9.97 Å². The number of thiazole rings is 1. The summed E-state index contributed by atoms with van der Waals surface area (Å²) in [5.41, 5.74) is 1.63. The highest BCUT2D eigenvalue weighted by Gasteiger charge is 2.24. The van der Waals surface area contributed by atoms with E-state index < -0.39 is 0 Å². The third kappa shape index (κ3) is 9.93. The molecule has 2 aromatic heterocycles. The molecule has 3 heterocycles. The topological polar surface area (TPSA) is 78.4 Å². The summed E-state index contributed by atoms with van der Waals surface area (Å²) in [7, 11) is 0. The van der Waals surface area contributed by atoms with Crippen molar-refractivity contribution in [2.75, 3.05) is 36.4 Å². The molecule has 1 aromatic carbocycles. The van der Waals surface area contributed by atoms with Gasteiger partial charge in [0.1, 0.15) is 11.5 Å². The van der Waals surface area contributed by atoms with Gasteiger partial charge < -0.3 is 15.1 Å². The second kappa shape index (κ2) is 17.5. The number of nitrogens with zero attached hydrogens (tertiary/aromatic N) is 4. The number of pyridine rings is 1. The molecule has 1 aliphatic carbocycles. The van der Waals surface area contributed by atoms with Crippen molar-refractivity contribution in [3.05, 3.63) is 94.5 Å². The van der Waals surface area contributed by atoms with Crippen molar-refractivity contribution in [1.82, 2.24) is 14.9 Å². The zero-order chi connectivity index (χ0) is 29.3. The molecule has 1 N–H and O–H groups in total. The van der Waals surface area contributed by atoms with Crippen molar-refractivity contribution >= 4 is 46.3 Å². The third-order valence-corrected chi connectivity index (χ3v) is 6.30. The molecular weight excluding hydrogens is 518 g/mol. The summed E-state index contributed by atoms with van der Waals surface area (Å²) in [5.74, 6) is 0.641. The van der Waals surface area contributed by atoms with Crippen LogP contribution in [0, 0.1) is 0 Å². The maximum atomic E-state index is 12.5. The number of nitrogens with one attached hydrogen (secondary N) is 1. The van der Waals surface area contributed by atoms with E-state index in [9.17, 15) is 9.59 Å². The van der Waals surface area contributed by atoms with Gasteiger partial charge in [-0.15, -0.1) is 11.3 Å². The van der Waals surface area contributed by atoms with Crippen LogP contribution in [0.15, 0.2) is 78.3 Å². The second-order valence-electron chi connectivity index (χ2n) is 8.72. The Morgan fingerprint density at radius 2 is 1.60 bits per heavy atom. The number of rotatable bonds is 3. The Morgan fingerprint density at radius 1 is 0.975 bits per heavy atom. The molecule has 0 saturated carbocycles. The van der Waals surface area contributed by atoms with Crippen molar-refractivity contribution in [2.24, 2.45) is 0 Å². The van der Waals surface area contributed by atoms with Crippen LogP contribution in [0.25, 0.3) is 12.2 Å². The summed E-state index contributed by atoms with van der Waals surface area (Å²) in [5, 5.41) is 7.04. The number of aromatic nitrogens is 2. The van der Waals surface area contributed by atoms with E-state index in [4.69, 9.17) is 0 Å². The van der Waals surface area contributed by atoms with Gasteiger partial charge in [0.25, 0.3) is 5.91 Å². The van der Waals surface area contributed by atoms with Crippen LogP contribution in [-0.4, -0.2) is 52.9 Å². The van der Waals surface area contributed by atoms with Gasteiger partial charge >= 0.3 is 0 Å². The van der Waals surface area contributed by atoms with E-state index in [2.05, 4.69) is 58.8 Å². The Bertz CT molecular complexity index is 1360. The zero-order valence-corrected chi connectivity index (χ0v) is 25.1. The zero-order valence-electron chi connectivity index (χ0n) is 24.3. The highest BCUT2D eigenvalue weighted by atomic mass is 32.1. The lowest BCUT2D eigenvalue weighted by molar-refractivity contribution is -0.114. The maximum Gasteiger partial charge on any atom is 0.273 e. The first-order chi connectivity index (χ1) is 19.4. The highest BCUT2D eigenvalue weighted by Crippen LogP contribution is 2.18. The SMILES string of the molecule is C=c1ccccc1=C1C=CC=C1.CC.CC(=O)Nc1nc(C(=O)N2CCN(c3ccccn3)CC2)cs1.CCC. The highest BCUT2D eigenvalue weighted by molar-refractivity contribution is 7.14. The van der Waals surface area contributed by atoms with Crippen molar-refractivity contribution in [2.45, 2.75) is 41.0 Å². The second-order valence-corrected chi connectivity index (χ2v) is 9.58. The minimum atomic E-state index is -0.192. The van der Waals surface area contributed by atoms with Crippen LogP contribution in [-0.2, 0) is 4.79 Å². The maximum absolute atomic E-state index is 12.5. The van der Waals surface area contributed by atoms with E-state index in [1.807, 2.05) is 62.4 Å². The van der Waals surface area contributed by atoms with Gasteiger partial charge in [-0.05, 0) is 28.1 Å². The van der Waals surface area contributed by atoms with Crippen LogP contribution in [0.5, 0.6) is 0 Å². The number of benzene rings is 1. The monoisotopic (exact) mass is 559 g/mol. The van der Waals surface area contributed by atoms with E-state index in [1.165, 1.54) is 35.5 Å². The van der Waals surface area contributed by atoms with Gasteiger partial charge in [-0.2, -0.15) is 0 Å². The van der Waals surface area contributed by atoms with E-state index >= 15 is 0 Å². The van der Waals surface area contributed by atoms with Crippen LogP contribution in [0.3, 0.4) is 0 Å². The molecule has 2 aliphatic rings. The van der Waals surface area contributed by atoms with Crippen LogP contribution < -0.4 is 20.7 Å². The van der Waals surface area contributed by atoms with E-state index in [-0.39, 0.29) is 11.8 Å². The van der Waals surface area contributed by atoms with Crippen LogP contribution in [0.4, 0.5) is 10.9 Å². The smallest absolute Gasteiger partial charge is 0.273 e. The number of hydrogen-bond donors (Lipinski definition) is 1. The largest absolute Gasteiger partial charge is 0.353 e. The van der Waals surface area contributed by atoms with Crippen molar-refractivity contribution in [3.8, 4) is 0 Å². The average Bonchev–Trinajstić information content (AvgIpc) is 3.68. The number of hydrogen-bond acceptors (Lipinski definition) is 6. The molecule has 0 spiro atoms. The van der Waals surface area contributed by atoms with Gasteiger partial charge in [-0.1, -0.05) is 95.3 Å². The lowest BCUT2D eigenvalue weighted by Gasteiger charge is -2.35. The molecule has 0 bridgehead atoms. The summed E-state index contributed by atoms with van der Waals surface area (Å²) >= 11 is 1.26. The van der Waals surface area contributed by atoms with Gasteiger partial charge in [0.05, 0.1) is 0 Å². The van der Waals surface area contributed by atoms with Crippen LogP contribution in [0.1, 0.15) is 51.5 Å². The quantitative estimate of drug-likeness (QED) is 0.473. The molecule has 212 valence electrons. The van der Waals surface area contributed by atoms with E-state index in [0.29, 0.717) is 23.9 Å². The predicted octanol–water partition coefficient (Wildman–Crippen LogP) is 5.28. The predicted molar refractivity (Wildman–Crippen MR) is 169 cm³/mol. The fourth-order valence-electron chi connectivity index (χ4n) is 3.78. The van der Waals surface area contributed by atoms with Crippen LogP contribution in [0.2, 0.25) is 0 Å². The summed E-state index contributed by atoms with van der Waals surface area (Å²) in [6.07, 6.45) is 11.3. The van der Waals surface area contributed by atoms with Crippen molar-refractivity contribution in [3.63, 3.8) is 0 Å². The summed E-state index contributed by atoms with van der Waals surface area (Å²) in [6.45, 7) is 16.4. The molecule has 0 unspecified atom stereocenters. The Morgan fingerprint density at radius 3 is 2.17 bits per heavy atom. The first kappa shape index (κ1) is 32.2. The van der Waals surface area contributed by atoms with Gasteiger partial charge in [0.2, 0.25) is 5.91 Å². The number of anilines is 2. The number of amides is 2. The van der Waals surface area contributed by atoms with Gasteiger partial charge in [0.15, 0.2) is 5.13 Å². The standard InChI is InChI=1S/C15H17N5O2S.C12H10.C3H8.C2H6/c1-11(21)17-15-18-12(10-23-15)14(22)20-8-6-19(7-9-20)13-4-2-3-5-16-13;1-10-6-2-5-9-12(10)11-7-3-4-8-11;1-3-2;1-2/h2-5,10H,6-9H2,1H3,(H,17,18,21);2-9H,1H2;3H2,1-2H3;1-2H3. The summed E-state index contributed by atoms with van der Waals surface area (Å²) in [4.78, 5) is 35.9. The van der Waals surface area contributed by atoms with Crippen molar-refractivity contribution < 1.29 is 9.59 Å². The molecule has 1 aliphatic heterocycles. The molecular formula is C32H41N5O2S. The Balaban J connectivity index is 0.000000275. The lowest BCUT2D eigenvalue weighted by atomic mass is 10.1. The van der Waals surface area contributed by atoms with Crippen molar-refractivity contribution in [1.29, 1.82) is 0 Å². The number of carbonyl (C=O) groups is 2. The fraction of sp³-hybridized carbons (Fsp3) is 0.312. The average molecular weight is 560 g/mol. The van der Waals surface area contributed by atoms with Gasteiger partial charge in [-0.3, -0.25) is 9.59 Å². The first-order valence-electron chi connectivity index (χ1n) is 13.7. The molecule has 0 radical (unpaired) electrons.